The largest absolute Gasteiger partial charge is 0.207 e. The van der Waals surface area contributed by atoms with Gasteiger partial charge >= 0.3 is 0 Å². The molecule has 21 heavy (non-hydrogen) atoms. The molecule has 2 nitrogen and oxygen atoms in total. The Balaban J connectivity index is 2.15. The van der Waals surface area contributed by atoms with E-state index in [4.69, 9.17) is 0 Å². The minimum Gasteiger partial charge on any atom is -0.207 e. The SMILES string of the molecule is Cc1cc(F)cc(F)c1-n1cc(-c2ccccc2)c[n+]1C. The van der Waals surface area contributed by atoms with Gasteiger partial charge in [-0.05, 0) is 24.1 Å². The highest BCUT2D eigenvalue weighted by Gasteiger charge is 2.18. The zero-order chi connectivity index (χ0) is 15.0. The molecule has 0 bridgehead atoms. The van der Waals surface area contributed by atoms with Gasteiger partial charge in [0.2, 0.25) is 6.20 Å². The van der Waals surface area contributed by atoms with Crippen LogP contribution >= 0.6 is 0 Å². The molecule has 0 saturated carbocycles. The van der Waals surface area contributed by atoms with Crippen molar-refractivity contribution in [1.82, 2.24) is 4.68 Å². The fraction of sp³-hybridized carbons (Fsp3) is 0.118. The second-order valence-electron chi connectivity index (χ2n) is 5.05. The second kappa shape index (κ2) is 5.13. The van der Waals surface area contributed by atoms with Crippen LogP contribution in [0.15, 0.2) is 54.9 Å². The van der Waals surface area contributed by atoms with Crippen LogP contribution in [0.3, 0.4) is 0 Å². The summed E-state index contributed by atoms with van der Waals surface area (Å²) in [6.45, 7) is 1.70. The minimum atomic E-state index is -0.571. The number of rotatable bonds is 2. The van der Waals surface area contributed by atoms with Crippen molar-refractivity contribution in [1.29, 1.82) is 0 Å². The van der Waals surface area contributed by atoms with E-state index in [-0.39, 0.29) is 0 Å². The van der Waals surface area contributed by atoms with Gasteiger partial charge in [-0.3, -0.25) is 0 Å². The molecule has 0 amide bonds. The molecule has 0 radical (unpaired) electrons. The third-order valence-corrected chi connectivity index (χ3v) is 3.48. The first kappa shape index (κ1) is 13.5. The van der Waals surface area contributed by atoms with Crippen molar-refractivity contribution in [2.24, 2.45) is 7.05 Å². The highest BCUT2D eigenvalue weighted by molar-refractivity contribution is 5.61. The first-order chi connectivity index (χ1) is 10.1. The van der Waals surface area contributed by atoms with Crippen LogP contribution in [-0.4, -0.2) is 4.68 Å². The molecule has 0 atom stereocenters. The molecule has 106 valence electrons. The third kappa shape index (κ3) is 2.44. The van der Waals surface area contributed by atoms with Crippen molar-refractivity contribution in [2.45, 2.75) is 6.92 Å². The van der Waals surface area contributed by atoms with E-state index in [1.54, 1.807) is 16.3 Å². The fourth-order valence-corrected chi connectivity index (χ4v) is 2.51. The highest BCUT2D eigenvalue weighted by Crippen LogP contribution is 2.22. The zero-order valence-corrected chi connectivity index (χ0v) is 11.8. The molecular formula is C17H15F2N2+. The van der Waals surface area contributed by atoms with Gasteiger partial charge in [0.15, 0.2) is 12.9 Å². The van der Waals surface area contributed by atoms with Gasteiger partial charge in [0, 0.05) is 6.07 Å². The van der Waals surface area contributed by atoms with E-state index in [1.165, 1.54) is 6.07 Å². The Hall–Kier alpha value is -2.49. The summed E-state index contributed by atoms with van der Waals surface area (Å²) in [7, 11) is 1.83. The lowest BCUT2D eigenvalue weighted by Crippen LogP contribution is -2.37. The lowest BCUT2D eigenvalue weighted by atomic mass is 10.1. The van der Waals surface area contributed by atoms with Crippen LogP contribution in [-0.2, 0) is 7.05 Å². The highest BCUT2D eigenvalue weighted by atomic mass is 19.1. The molecule has 2 aromatic carbocycles. The summed E-state index contributed by atoms with van der Waals surface area (Å²) in [5, 5.41) is 0. The van der Waals surface area contributed by atoms with Crippen molar-refractivity contribution in [3.05, 3.63) is 72.1 Å². The normalized spacial score (nSPS) is 10.9. The van der Waals surface area contributed by atoms with E-state index < -0.39 is 11.6 Å². The van der Waals surface area contributed by atoms with Gasteiger partial charge in [0.1, 0.15) is 11.5 Å². The molecule has 0 unspecified atom stereocenters. The number of halogens is 2. The van der Waals surface area contributed by atoms with E-state index in [2.05, 4.69) is 0 Å². The van der Waals surface area contributed by atoms with Crippen LogP contribution in [0.4, 0.5) is 8.78 Å². The molecule has 4 heteroatoms. The number of benzene rings is 2. The molecule has 0 aliphatic rings. The van der Waals surface area contributed by atoms with Crippen LogP contribution in [0.25, 0.3) is 16.8 Å². The Morgan fingerprint density at radius 2 is 1.71 bits per heavy atom. The van der Waals surface area contributed by atoms with Gasteiger partial charge in [-0.1, -0.05) is 30.3 Å². The van der Waals surface area contributed by atoms with Crippen molar-refractivity contribution >= 4 is 0 Å². The van der Waals surface area contributed by atoms with Gasteiger partial charge in [0.25, 0.3) is 0 Å². The molecule has 0 N–H and O–H groups in total. The quantitative estimate of drug-likeness (QED) is 0.637. The molecule has 0 aliphatic carbocycles. The molecule has 0 spiro atoms. The molecule has 0 aliphatic heterocycles. The van der Waals surface area contributed by atoms with Crippen LogP contribution in [0, 0.1) is 18.6 Å². The molecular weight excluding hydrogens is 270 g/mol. The minimum absolute atomic E-state index is 0.362. The van der Waals surface area contributed by atoms with Gasteiger partial charge in [-0.2, -0.15) is 0 Å². The van der Waals surface area contributed by atoms with E-state index >= 15 is 0 Å². The maximum Gasteiger partial charge on any atom is 0.203 e. The lowest BCUT2D eigenvalue weighted by Gasteiger charge is -2.06. The van der Waals surface area contributed by atoms with E-state index in [1.807, 2.05) is 49.8 Å². The van der Waals surface area contributed by atoms with Crippen LogP contribution in [0.5, 0.6) is 0 Å². The summed E-state index contributed by atoms with van der Waals surface area (Å²) in [5.74, 6) is -1.13. The van der Waals surface area contributed by atoms with E-state index in [0.29, 0.717) is 11.3 Å². The maximum absolute atomic E-state index is 14.1. The molecule has 3 aromatic rings. The standard InChI is InChI=1S/C17H15F2N2/c1-12-8-15(18)9-16(19)17(12)21-11-14(10-20(21)2)13-6-4-3-5-7-13/h3-11H,1-2H3/q+1. The zero-order valence-electron chi connectivity index (χ0n) is 11.8. The van der Waals surface area contributed by atoms with Crippen LogP contribution in [0.2, 0.25) is 0 Å². The summed E-state index contributed by atoms with van der Waals surface area (Å²) in [6.07, 6.45) is 3.76. The molecule has 3 rings (SSSR count). The number of hydrogen-bond donors (Lipinski definition) is 0. The molecule has 1 aromatic heterocycles. The Morgan fingerprint density at radius 1 is 1.00 bits per heavy atom. The number of aryl methyl sites for hydroxylation is 2. The summed E-state index contributed by atoms with van der Waals surface area (Å²) in [5.41, 5.74) is 2.94. The average molecular weight is 285 g/mol. The first-order valence-corrected chi connectivity index (χ1v) is 6.66. The first-order valence-electron chi connectivity index (χ1n) is 6.66. The lowest BCUT2D eigenvalue weighted by molar-refractivity contribution is -0.744. The van der Waals surface area contributed by atoms with E-state index in [9.17, 15) is 8.78 Å². The average Bonchev–Trinajstić information content (AvgIpc) is 2.81. The van der Waals surface area contributed by atoms with Gasteiger partial charge in [-0.25, -0.2) is 8.78 Å². The predicted molar refractivity (Wildman–Crippen MR) is 77.0 cm³/mol. The monoisotopic (exact) mass is 285 g/mol. The molecule has 0 fully saturated rings. The van der Waals surface area contributed by atoms with Gasteiger partial charge in [0.05, 0.1) is 11.8 Å². The van der Waals surface area contributed by atoms with Crippen LogP contribution < -0.4 is 4.68 Å². The smallest absolute Gasteiger partial charge is 0.203 e. The summed E-state index contributed by atoms with van der Waals surface area (Å²) in [4.78, 5) is 0. The van der Waals surface area contributed by atoms with Crippen molar-refractivity contribution < 1.29 is 13.5 Å². The Morgan fingerprint density at radius 3 is 2.38 bits per heavy atom. The van der Waals surface area contributed by atoms with Crippen molar-refractivity contribution in [3.8, 4) is 16.8 Å². The maximum atomic E-state index is 14.1. The van der Waals surface area contributed by atoms with E-state index in [0.717, 1.165) is 17.2 Å². The topological polar surface area (TPSA) is 8.81 Å². The fourth-order valence-electron chi connectivity index (χ4n) is 2.51. The van der Waals surface area contributed by atoms with Gasteiger partial charge < -0.3 is 0 Å². The molecule has 1 heterocycles. The predicted octanol–water partition coefficient (Wildman–Crippen LogP) is 3.56. The Bertz CT molecular complexity index is 769. The number of nitrogens with zero attached hydrogens (tertiary/aromatic N) is 2. The second-order valence-corrected chi connectivity index (χ2v) is 5.05. The summed E-state index contributed by atoms with van der Waals surface area (Å²) >= 11 is 0. The van der Waals surface area contributed by atoms with Gasteiger partial charge in [-0.15, -0.1) is 9.36 Å². The summed E-state index contributed by atoms with van der Waals surface area (Å²) < 4.78 is 30.8. The molecule has 0 saturated heterocycles. The number of aromatic nitrogens is 2. The third-order valence-electron chi connectivity index (χ3n) is 3.48. The van der Waals surface area contributed by atoms with Crippen molar-refractivity contribution in [3.63, 3.8) is 0 Å². The number of hydrogen-bond acceptors (Lipinski definition) is 0. The van der Waals surface area contributed by atoms with Crippen LogP contribution in [0.1, 0.15) is 5.56 Å². The summed E-state index contributed by atoms with van der Waals surface area (Å²) in [6, 6.07) is 12.1. The Labute approximate surface area is 121 Å². The Kier molecular flexibility index (Phi) is 3.29. The van der Waals surface area contributed by atoms with Crippen molar-refractivity contribution in [2.75, 3.05) is 0 Å².